The number of hydrogen-bond donors (Lipinski definition) is 1. The highest BCUT2D eigenvalue weighted by Gasteiger charge is 2.22. The van der Waals surface area contributed by atoms with Crippen LogP contribution < -0.4 is 14.3 Å². The normalized spacial score (nSPS) is 11.9. The molecule has 15 nitrogen and oxygen atoms in total. The Morgan fingerprint density at radius 1 is 0.724 bits per heavy atom. The predicted molar refractivity (Wildman–Crippen MR) is 217 cm³/mol. The molecule has 7 aromatic rings. The third-order valence-electron chi connectivity index (χ3n) is 9.36. The highest BCUT2D eigenvalue weighted by atomic mass is 32.2. The second-order valence-electron chi connectivity index (χ2n) is 13.6. The highest BCUT2D eigenvalue weighted by molar-refractivity contribution is 7.92. The number of benzene rings is 4. The van der Waals surface area contributed by atoms with Crippen LogP contribution in [0.2, 0.25) is 0 Å². The van der Waals surface area contributed by atoms with Gasteiger partial charge in [0, 0.05) is 36.0 Å². The van der Waals surface area contributed by atoms with Gasteiger partial charge in [0.05, 0.1) is 65.9 Å². The summed E-state index contributed by atoms with van der Waals surface area (Å²) in [5.74, 6) is -0.929. The molecule has 58 heavy (non-hydrogen) atoms. The summed E-state index contributed by atoms with van der Waals surface area (Å²) in [5.41, 5.74) is 12.4. The number of nitrogens with two attached hydrogens (primary N) is 1. The molecule has 19 heteroatoms. The van der Waals surface area contributed by atoms with Crippen LogP contribution in [0.4, 0.5) is 20.2 Å². The van der Waals surface area contributed by atoms with Gasteiger partial charge in [-0.1, -0.05) is 36.4 Å². The fraction of sp³-hybridized carbons (Fsp3) is 0.256. The monoisotopic (exact) mass is 833 g/mol. The summed E-state index contributed by atoms with van der Waals surface area (Å²) < 4.78 is 86.3. The zero-order valence-electron chi connectivity index (χ0n) is 32.5. The zero-order chi connectivity index (χ0) is 42.1. The number of carbonyl (C=O) groups is 1. The molecule has 0 atom stereocenters. The maximum atomic E-state index is 12.6. The molecule has 0 fully saturated rings. The van der Waals surface area contributed by atoms with Gasteiger partial charge in [-0.2, -0.15) is 19.0 Å². The Balaban J connectivity index is 0.000000198. The quantitative estimate of drug-likeness (QED) is 0.146. The molecule has 0 unspecified atom stereocenters. The van der Waals surface area contributed by atoms with Crippen molar-refractivity contribution in [2.75, 3.05) is 27.7 Å². The van der Waals surface area contributed by atoms with Crippen molar-refractivity contribution in [3.8, 4) is 11.5 Å². The molecule has 0 aliphatic carbocycles. The topological polar surface area (TPSA) is 192 Å². The molecule has 0 spiro atoms. The van der Waals surface area contributed by atoms with E-state index in [1.54, 1.807) is 76.1 Å². The Kier molecular flexibility index (Phi) is 11.8. The van der Waals surface area contributed by atoms with E-state index in [1.165, 1.54) is 14.9 Å². The summed E-state index contributed by atoms with van der Waals surface area (Å²) in [5, 5.41) is 17.4. The third kappa shape index (κ3) is 9.06. The number of carbonyl (C=O) groups excluding carboxylic acids is 1. The lowest BCUT2D eigenvalue weighted by molar-refractivity contribution is 0.100. The summed E-state index contributed by atoms with van der Waals surface area (Å²) in [6, 6.07) is 24.3. The van der Waals surface area contributed by atoms with Gasteiger partial charge in [-0.15, -0.1) is 10.2 Å². The number of nitrogens with zero attached hydrogens (tertiary/aromatic N) is 8. The zero-order valence-corrected chi connectivity index (χ0v) is 34.1. The number of fused-ring (bicyclic) bond motifs is 2. The van der Waals surface area contributed by atoms with Gasteiger partial charge in [-0.05, 0) is 73.5 Å². The van der Waals surface area contributed by atoms with Gasteiger partial charge in [0.2, 0.25) is 25.9 Å². The molecular weight excluding hydrogens is 793 g/mol. The minimum Gasteiger partial charge on any atom is -0.415 e. The summed E-state index contributed by atoms with van der Waals surface area (Å²) in [6.07, 6.45) is -0.518. The number of hydrogen-bond acceptors (Lipinski definition) is 11. The number of rotatable bonds is 12. The lowest BCUT2D eigenvalue weighted by Crippen LogP contribution is -2.29. The molecular formula is C39H41F2N9O6S2. The SMILES string of the molecule is Cc1nn(C)c2ccc(N(Cc3ccc(-c4nnc(C(F)F)o4)cc3)S(C)(=O)=O)cc12.Cc1nn(C)c2ccc(N(Cc3ccc(C(=O)CN)cc3)S(C)(=O)=O)cc12. The molecule has 0 saturated heterocycles. The summed E-state index contributed by atoms with van der Waals surface area (Å²) >= 11 is 0. The molecule has 2 N–H and O–H groups in total. The van der Waals surface area contributed by atoms with Gasteiger partial charge in [-0.25, -0.2) is 16.8 Å². The van der Waals surface area contributed by atoms with Crippen LogP contribution in [0.5, 0.6) is 0 Å². The van der Waals surface area contributed by atoms with Crippen molar-refractivity contribution < 1.29 is 34.8 Å². The van der Waals surface area contributed by atoms with Crippen molar-refractivity contribution in [2.45, 2.75) is 33.4 Å². The summed E-state index contributed by atoms with van der Waals surface area (Å²) in [4.78, 5) is 11.6. The van der Waals surface area contributed by atoms with Crippen LogP contribution in [0.15, 0.2) is 89.3 Å². The fourth-order valence-corrected chi connectivity index (χ4v) is 8.17. The van der Waals surface area contributed by atoms with E-state index in [9.17, 15) is 30.4 Å². The number of sulfonamides is 2. The van der Waals surface area contributed by atoms with Crippen molar-refractivity contribution in [1.82, 2.24) is 29.8 Å². The molecule has 3 heterocycles. The Hall–Kier alpha value is -6.05. The van der Waals surface area contributed by atoms with E-state index in [0.29, 0.717) is 28.1 Å². The van der Waals surface area contributed by atoms with Gasteiger partial charge in [-0.3, -0.25) is 22.8 Å². The van der Waals surface area contributed by atoms with Crippen molar-refractivity contribution in [3.05, 3.63) is 119 Å². The minimum absolute atomic E-state index is 0.0284. The van der Waals surface area contributed by atoms with Crippen LogP contribution in [0.1, 0.15) is 45.2 Å². The number of anilines is 2. The van der Waals surface area contributed by atoms with Crippen LogP contribution in [-0.4, -0.2) is 71.4 Å². The standard InChI is InChI=1S/C20H19F2N5O3S.C19H22N4O3S/c1-12-16-10-15(8-9-17(16)26(2)25-12)27(31(3,28)29)11-13-4-6-14(7-5-13)19-23-24-20(30-19)18(21)22;1-13-17-10-16(8-9-18(17)22(2)21-13)23(27(3,25)26)12-14-4-6-15(7-5-14)19(24)11-20/h4-10,18H,11H2,1-3H3;4-10H,11-12,20H2,1-3H3. The first-order chi connectivity index (χ1) is 27.3. The van der Waals surface area contributed by atoms with Crippen molar-refractivity contribution in [1.29, 1.82) is 0 Å². The van der Waals surface area contributed by atoms with E-state index in [2.05, 4.69) is 20.4 Å². The largest absolute Gasteiger partial charge is 0.415 e. The molecule has 0 bridgehead atoms. The first kappa shape index (κ1) is 41.6. The number of aryl methyl sites for hydroxylation is 4. The van der Waals surface area contributed by atoms with Crippen molar-refractivity contribution in [3.63, 3.8) is 0 Å². The van der Waals surface area contributed by atoms with E-state index in [1.807, 2.05) is 46.1 Å². The Morgan fingerprint density at radius 3 is 1.57 bits per heavy atom. The van der Waals surface area contributed by atoms with Gasteiger partial charge >= 0.3 is 6.43 Å². The van der Waals surface area contributed by atoms with Crippen LogP contribution in [0.3, 0.4) is 0 Å². The Bertz CT molecular complexity index is 2840. The van der Waals surface area contributed by atoms with E-state index >= 15 is 0 Å². The van der Waals surface area contributed by atoms with Gasteiger partial charge in [0.1, 0.15) is 0 Å². The van der Waals surface area contributed by atoms with Crippen LogP contribution >= 0.6 is 0 Å². The van der Waals surface area contributed by atoms with Crippen LogP contribution in [0, 0.1) is 13.8 Å². The summed E-state index contributed by atoms with van der Waals surface area (Å²) in [6.45, 7) is 3.97. The van der Waals surface area contributed by atoms with E-state index in [4.69, 9.17) is 10.2 Å². The Morgan fingerprint density at radius 2 is 1.17 bits per heavy atom. The molecule has 0 amide bonds. The first-order valence-corrected chi connectivity index (χ1v) is 21.4. The molecule has 0 aliphatic heterocycles. The molecule has 0 radical (unpaired) electrons. The number of alkyl halides is 2. The predicted octanol–water partition coefficient (Wildman–Crippen LogP) is 5.82. The van der Waals surface area contributed by atoms with E-state index in [-0.39, 0.29) is 31.3 Å². The van der Waals surface area contributed by atoms with E-state index in [0.717, 1.165) is 45.0 Å². The smallest absolute Gasteiger partial charge is 0.314 e. The number of halogens is 2. The Labute approximate surface area is 333 Å². The summed E-state index contributed by atoms with van der Waals surface area (Å²) in [7, 11) is -3.39. The molecule has 0 saturated carbocycles. The van der Waals surface area contributed by atoms with Crippen molar-refractivity contribution >= 4 is 59.0 Å². The van der Waals surface area contributed by atoms with Gasteiger partial charge in [0.25, 0.3) is 5.89 Å². The second kappa shape index (κ2) is 16.4. The molecule has 0 aliphatic rings. The number of aromatic nitrogens is 6. The van der Waals surface area contributed by atoms with Gasteiger partial charge < -0.3 is 10.2 Å². The maximum absolute atomic E-state index is 12.6. The second-order valence-corrected chi connectivity index (χ2v) is 17.4. The number of ketones is 1. The lowest BCUT2D eigenvalue weighted by atomic mass is 10.1. The van der Waals surface area contributed by atoms with Crippen LogP contribution in [0.25, 0.3) is 33.3 Å². The van der Waals surface area contributed by atoms with Gasteiger partial charge in [0.15, 0.2) is 5.78 Å². The lowest BCUT2D eigenvalue weighted by Gasteiger charge is -2.23. The highest BCUT2D eigenvalue weighted by Crippen LogP contribution is 2.30. The fourth-order valence-electron chi connectivity index (χ4n) is 6.41. The van der Waals surface area contributed by atoms with Crippen LogP contribution in [-0.2, 0) is 47.2 Å². The first-order valence-electron chi connectivity index (χ1n) is 17.7. The maximum Gasteiger partial charge on any atom is 0.314 e. The number of Topliss-reactive ketones (excluding diaryl/α,β-unsaturated/α-hetero) is 1. The molecule has 304 valence electrons. The molecule has 4 aromatic carbocycles. The third-order valence-corrected chi connectivity index (χ3v) is 11.6. The molecule has 7 rings (SSSR count). The van der Waals surface area contributed by atoms with Crippen molar-refractivity contribution in [2.24, 2.45) is 19.8 Å². The average molecular weight is 834 g/mol. The van der Waals surface area contributed by atoms with E-state index < -0.39 is 32.4 Å². The minimum atomic E-state index is -3.58. The molecule has 3 aromatic heterocycles. The average Bonchev–Trinajstić information content (AvgIpc) is 3.87.